The van der Waals surface area contributed by atoms with E-state index < -0.39 is 0 Å². The van der Waals surface area contributed by atoms with Gasteiger partial charge in [0.1, 0.15) is 6.26 Å². The van der Waals surface area contributed by atoms with Crippen molar-refractivity contribution >= 4 is 5.91 Å². The molecule has 25 heavy (non-hydrogen) atoms. The normalized spacial score (nSPS) is 31.0. The quantitative estimate of drug-likeness (QED) is 0.841. The number of likely N-dealkylation sites (tertiary alicyclic amines) is 3. The Hall–Kier alpha value is -1.33. The average molecular weight is 345 g/mol. The molecule has 0 aliphatic carbocycles. The summed E-state index contributed by atoms with van der Waals surface area (Å²) in [6.45, 7) is 10.2. The van der Waals surface area contributed by atoms with Crippen LogP contribution in [0.15, 0.2) is 23.0 Å². The highest BCUT2D eigenvalue weighted by atomic mass is 16.3. The number of nitrogens with zero attached hydrogens (tertiary/aromatic N) is 3. The van der Waals surface area contributed by atoms with Crippen LogP contribution >= 0.6 is 0 Å². The molecule has 1 aromatic heterocycles. The predicted molar refractivity (Wildman–Crippen MR) is 97.6 cm³/mol. The maximum atomic E-state index is 12.7. The van der Waals surface area contributed by atoms with Crippen molar-refractivity contribution in [1.29, 1.82) is 0 Å². The summed E-state index contributed by atoms with van der Waals surface area (Å²) in [6.07, 6.45) is 8.20. The Bertz CT molecular complexity index is 580. The first-order valence-corrected chi connectivity index (χ1v) is 9.94. The second kappa shape index (κ2) is 7.12. The van der Waals surface area contributed by atoms with Crippen molar-refractivity contribution in [2.45, 2.75) is 57.7 Å². The number of carbonyl (C=O) groups is 1. The van der Waals surface area contributed by atoms with Crippen LogP contribution in [0.2, 0.25) is 0 Å². The first-order chi connectivity index (χ1) is 12.1. The number of hydrogen-bond acceptors (Lipinski definition) is 4. The highest BCUT2D eigenvalue weighted by Crippen LogP contribution is 2.38. The molecular weight excluding hydrogens is 314 g/mol. The molecule has 3 saturated heterocycles. The number of piperidine rings is 1. The molecule has 138 valence electrons. The first kappa shape index (κ1) is 17.1. The van der Waals surface area contributed by atoms with E-state index in [0.717, 1.165) is 19.5 Å². The summed E-state index contributed by atoms with van der Waals surface area (Å²) in [6, 6.07) is 3.65. The van der Waals surface area contributed by atoms with E-state index in [-0.39, 0.29) is 5.91 Å². The maximum absolute atomic E-state index is 12.7. The van der Waals surface area contributed by atoms with Crippen LogP contribution in [0.3, 0.4) is 0 Å². The third-order valence-electron chi connectivity index (χ3n) is 6.39. The third kappa shape index (κ3) is 3.36. The fraction of sp³-hybridized carbons (Fsp3) is 0.750. The topological polar surface area (TPSA) is 39.9 Å². The highest BCUT2D eigenvalue weighted by molar-refractivity contribution is 5.93. The molecule has 0 aromatic carbocycles. The molecule has 1 amide bonds. The summed E-state index contributed by atoms with van der Waals surface area (Å²) in [5.41, 5.74) is 0.686. The van der Waals surface area contributed by atoms with Gasteiger partial charge in [-0.15, -0.1) is 0 Å². The molecule has 0 bridgehead atoms. The van der Waals surface area contributed by atoms with Crippen LogP contribution in [-0.4, -0.2) is 71.5 Å². The predicted octanol–water partition coefficient (Wildman–Crippen LogP) is 2.69. The Kier molecular flexibility index (Phi) is 4.87. The molecular formula is C20H31N3O2. The average Bonchev–Trinajstić information content (AvgIpc) is 3.34. The van der Waals surface area contributed by atoms with Crippen LogP contribution in [0.5, 0.6) is 0 Å². The van der Waals surface area contributed by atoms with E-state index in [1.165, 1.54) is 38.9 Å². The number of amides is 1. The van der Waals surface area contributed by atoms with Crippen LogP contribution in [0, 0.1) is 5.92 Å². The van der Waals surface area contributed by atoms with Gasteiger partial charge in [-0.3, -0.25) is 9.69 Å². The number of furan rings is 1. The van der Waals surface area contributed by atoms with Crippen molar-refractivity contribution in [2.75, 3.05) is 32.7 Å². The van der Waals surface area contributed by atoms with E-state index in [0.29, 0.717) is 29.6 Å². The zero-order valence-electron chi connectivity index (χ0n) is 15.6. The lowest BCUT2D eigenvalue weighted by molar-refractivity contribution is 0.0515. The van der Waals surface area contributed by atoms with Crippen LogP contribution in [0.25, 0.3) is 0 Å². The summed E-state index contributed by atoms with van der Waals surface area (Å²) in [5, 5.41) is 0. The lowest BCUT2D eigenvalue weighted by Crippen LogP contribution is -2.51. The van der Waals surface area contributed by atoms with Crippen molar-refractivity contribution in [3.05, 3.63) is 24.2 Å². The van der Waals surface area contributed by atoms with Gasteiger partial charge in [0.2, 0.25) is 0 Å². The van der Waals surface area contributed by atoms with Crippen molar-refractivity contribution in [3.63, 3.8) is 0 Å². The zero-order valence-corrected chi connectivity index (χ0v) is 15.6. The molecule has 3 fully saturated rings. The van der Waals surface area contributed by atoms with Crippen LogP contribution in [-0.2, 0) is 0 Å². The molecule has 3 atom stereocenters. The van der Waals surface area contributed by atoms with Crippen molar-refractivity contribution in [2.24, 2.45) is 5.92 Å². The minimum atomic E-state index is 0.131. The summed E-state index contributed by atoms with van der Waals surface area (Å²) in [5.74, 6) is 0.742. The largest absolute Gasteiger partial charge is 0.472 e. The molecule has 4 heterocycles. The van der Waals surface area contributed by atoms with Gasteiger partial charge in [-0.05, 0) is 64.6 Å². The fourth-order valence-corrected chi connectivity index (χ4v) is 5.38. The van der Waals surface area contributed by atoms with Crippen molar-refractivity contribution < 1.29 is 9.21 Å². The summed E-state index contributed by atoms with van der Waals surface area (Å²) in [7, 11) is 0. The Labute approximate surface area is 150 Å². The fourth-order valence-electron chi connectivity index (χ4n) is 5.38. The van der Waals surface area contributed by atoms with Crippen LogP contribution in [0.1, 0.15) is 49.9 Å². The standard InChI is InChI=1S/C20H31N3O2/c1-15(2)23-18(13-21-7-3-4-8-21)11-17-12-22(9-5-19(17)23)20(24)16-6-10-25-14-16/h6,10,14-15,17-19H,3-5,7-9,11-13H2,1-2H3/t17-,18+,19+/m0/s1. The van der Waals surface area contributed by atoms with E-state index in [2.05, 4.69) is 23.6 Å². The maximum Gasteiger partial charge on any atom is 0.257 e. The second-order valence-corrected chi connectivity index (χ2v) is 8.32. The lowest BCUT2D eigenvalue weighted by Gasteiger charge is -2.40. The van der Waals surface area contributed by atoms with E-state index in [1.54, 1.807) is 18.6 Å². The number of carbonyl (C=O) groups excluding carboxylic acids is 1. The molecule has 0 saturated carbocycles. The minimum Gasteiger partial charge on any atom is -0.472 e. The molecule has 1 aromatic rings. The minimum absolute atomic E-state index is 0.131. The van der Waals surface area contributed by atoms with Gasteiger partial charge in [-0.1, -0.05) is 0 Å². The van der Waals surface area contributed by atoms with E-state index in [1.807, 2.05) is 4.90 Å². The third-order valence-corrected chi connectivity index (χ3v) is 6.39. The van der Waals surface area contributed by atoms with E-state index in [4.69, 9.17) is 4.42 Å². The lowest BCUT2D eigenvalue weighted by atomic mass is 9.91. The van der Waals surface area contributed by atoms with Gasteiger partial charge in [-0.2, -0.15) is 0 Å². The molecule has 3 aliphatic heterocycles. The number of hydrogen-bond donors (Lipinski definition) is 0. The Morgan fingerprint density at radius 2 is 2.08 bits per heavy atom. The first-order valence-electron chi connectivity index (χ1n) is 9.94. The van der Waals surface area contributed by atoms with E-state index in [9.17, 15) is 4.79 Å². The molecule has 4 rings (SSSR count). The zero-order chi connectivity index (χ0) is 17.4. The number of fused-ring (bicyclic) bond motifs is 1. The van der Waals surface area contributed by atoms with Gasteiger partial charge in [0.15, 0.2) is 0 Å². The van der Waals surface area contributed by atoms with Gasteiger partial charge in [-0.25, -0.2) is 0 Å². The molecule has 5 heteroatoms. The van der Waals surface area contributed by atoms with Crippen molar-refractivity contribution in [1.82, 2.24) is 14.7 Å². The monoisotopic (exact) mass is 345 g/mol. The molecule has 3 aliphatic rings. The SMILES string of the molecule is CC(C)N1[C@@H](CN2CCCC2)C[C@H]2CN(C(=O)c3ccoc3)CC[C@H]21. The van der Waals surface area contributed by atoms with Gasteiger partial charge in [0.05, 0.1) is 11.8 Å². The molecule has 0 N–H and O–H groups in total. The van der Waals surface area contributed by atoms with E-state index >= 15 is 0 Å². The Morgan fingerprint density at radius 3 is 2.76 bits per heavy atom. The Morgan fingerprint density at radius 1 is 1.28 bits per heavy atom. The summed E-state index contributed by atoms with van der Waals surface area (Å²) < 4.78 is 5.09. The van der Waals surface area contributed by atoms with Crippen LogP contribution in [0.4, 0.5) is 0 Å². The number of rotatable bonds is 4. The van der Waals surface area contributed by atoms with Gasteiger partial charge in [0, 0.05) is 37.8 Å². The Balaban J connectivity index is 1.44. The molecule has 0 unspecified atom stereocenters. The summed E-state index contributed by atoms with van der Waals surface area (Å²) >= 11 is 0. The molecule has 0 radical (unpaired) electrons. The smallest absolute Gasteiger partial charge is 0.257 e. The second-order valence-electron chi connectivity index (χ2n) is 8.32. The molecule has 0 spiro atoms. The van der Waals surface area contributed by atoms with Crippen LogP contribution < -0.4 is 0 Å². The van der Waals surface area contributed by atoms with Gasteiger partial charge < -0.3 is 14.2 Å². The van der Waals surface area contributed by atoms with Gasteiger partial charge >= 0.3 is 0 Å². The highest BCUT2D eigenvalue weighted by Gasteiger charge is 2.46. The van der Waals surface area contributed by atoms with Crippen molar-refractivity contribution in [3.8, 4) is 0 Å². The summed E-state index contributed by atoms with van der Waals surface area (Å²) in [4.78, 5) is 20.1. The van der Waals surface area contributed by atoms with Gasteiger partial charge in [0.25, 0.3) is 5.91 Å². The molecule has 5 nitrogen and oxygen atoms in total.